The summed E-state index contributed by atoms with van der Waals surface area (Å²) in [5, 5.41) is 6.76. The minimum Gasteiger partial charge on any atom is -0.495 e. The first-order chi connectivity index (χ1) is 12.6. The summed E-state index contributed by atoms with van der Waals surface area (Å²) in [6.45, 7) is 0.183. The molecular weight excluding hydrogens is 400 g/mol. The van der Waals surface area contributed by atoms with Crippen LogP contribution in [0, 0.1) is 0 Å². The first-order valence-corrected chi connectivity index (χ1v) is 8.60. The summed E-state index contributed by atoms with van der Waals surface area (Å²) in [7, 11) is 3.20. The molecule has 1 N–H and O–H groups in total. The molecule has 0 unspecified atom stereocenters. The lowest BCUT2D eigenvalue weighted by Crippen LogP contribution is -2.31. The van der Waals surface area contributed by atoms with E-state index < -0.39 is 0 Å². The average molecular weight is 417 g/mol. The van der Waals surface area contributed by atoms with Crippen molar-refractivity contribution < 1.29 is 14.1 Å². The van der Waals surface area contributed by atoms with Gasteiger partial charge in [0.15, 0.2) is 0 Å². The van der Waals surface area contributed by atoms with Crippen LogP contribution in [0.4, 0.5) is 10.5 Å². The number of amides is 2. The van der Waals surface area contributed by atoms with Crippen LogP contribution in [0.1, 0.15) is 5.89 Å². The number of ether oxygens (including phenoxy) is 1. The van der Waals surface area contributed by atoms with Crippen molar-refractivity contribution >= 4 is 27.6 Å². The van der Waals surface area contributed by atoms with Gasteiger partial charge in [0.05, 0.1) is 12.8 Å². The number of para-hydroxylation sites is 2. The molecule has 8 heteroatoms. The first kappa shape index (κ1) is 17.9. The van der Waals surface area contributed by atoms with E-state index in [0.717, 1.165) is 10.0 Å². The molecule has 2 amide bonds. The monoisotopic (exact) mass is 416 g/mol. The number of methoxy groups -OCH3 is 1. The predicted molar refractivity (Wildman–Crippen MR) is 101 cm³/mol. The van der Waals surface area contributed by atoms with Gasteiger partial charge < -0.3 is 19.5 Å². The molecule has 0 fully saturated rings. The number of aromatic nitrogens is 2. The van der Waals surface area contributed by atoms with Gasteiger partial charge in [-0.05, 0) is 24.3 Å². The molecule has 1 aromatic heterocycles. The quantitative estimate of drug-likeness (QED) is 0.674. The van der Waals surface area contributed by atoms with Crippen molar-refractivity contribution in [3.63, 3.8) is 0 Å². The van der Waals surface area contributed by atoms with E-state index in [1.54, 1.807) is 26.3 Å². The van der Waals surface area contributed by atoms with Gasteiger partial charge in [0.25, 0.3) is 0 Å². The van der Waals surface area contributed by atoms with Gasteiger partial charge in [-0.1, -0.05) is 45.4 Å². The summed E-state index contributed by atoms with van der Waals surface area (Å²) >= 11 is 3.41. The minimum atomic E-state index is -0.309. The predicted octanol–water partition coefficient (Wildman–Crippen LogP) is 4.17. The molecule has 0 radical (unpaired) electrons. The average Bonchev–Trinajstić information content (AvgIpc) is 3.10. The van der Waals surface area contributed by atoms with E-state index in [2.05, 4.69) is 31.4 Å². The Labute approximate surface area is 159 Å². The van der Waals surface area contributed by atoms with Crippen molar-refractivity contribution in [1.82, 2.24) is 15.0 Å². The van der Waals surface area contributed by atoms with Gasteiger partial charge in [-0.25, -0.2) is 4.79 Å². The van der Waals surface area contributed by atoms with Crippen LogP contribution in [0.3, 0.4) is 0 Å². The summed E-state index contributed by atoms with van der Waals surface area (Å²) in [5.41, 5.74) is 1.42. The lowest BCUT2D eigenvalue weighted by atomic mass is 10.2. The molecule has 0 saturated carbocycles. The third kappa shape index (κ3) is 4.20. The number of hydrogen-bond acceptors (Lipinski definition) is 5. The largest absolute Gasteiger partial charge is 0.495 e. The molecule has 0 spiro atoms. The van der Waals surface area contributed by atoms with Crippen molar-refractivity contribution in [3.05, 3.63) is 58.9 Å². The Morgan fingerprint density at radius 1 is 1.27 bits per heavy atom. The fourth-order valence-electron chi connectivity index (χ4n) is 2.30. The van der Waals surface area contributed by atoms with Gasteiger partial charge in [-0.3, -0.25) is 0 Å². The Hall–Kier alpha value is -2.87. The summed E-state index contributed by atoms with van der Waals surface area (Å²) in [6.07, 6.45) is 0. The second-order valence-corrected chi connectivity index (χ2v) is 6.42. The lowest BCUT2D eigenvalue weighted by molar-refractivity contribution is 0.213. The van der Waals surface area contributed by atoms with Gasteiger partial charge in [0.2, 0.25) is 11.7 Å². The molecule has 0 aliphatic heterocycles. The zero-order valence-electron chi connectivity index (χ0n) is 14.3. The Morgan fingerprint density at radius 3 is 2.85 bits per heavy atom. The van der Waals surface area contributed by atoms with Gasteiger partial charge in [-0.2, -0.15) is 4.98 Å². The Kier molecular flexibility index (Phi) is 5.52. The highest BCUT2D eigenvalue weighted by molar-refractivity contribution is 9.10. The van der Waals surface area contributed by atoms with Crippen molar-refractivity contribution in [2.75, 3.05) is 19.5 Å². The van der Waals surface area contributed by atoms with Crippen LogP contribution in [0.2, 0.25) is 0 Å². The van der Waals surface area contributed by atoms with Crippen LogP contribution in [0.5, 0.6) is 5.75 Å². The Morgan fingerprint density at radius 2 is 2.08 bits per heavy atom. The maximum Gasteiger partial charge on any atom is 0.322 e. The number of rotatable bonds is 5. The number of hydrogen-bond donors (Lipinski definition) is 1. The number of carbonyl (C=O) groups excluding carboxylic acids is 1. The zero-order valence-corrected chi connectivity index (χ0v) is 15.9. The molecule has 1 heterocycles. The molecule has 3 aromatic rings. The molecule has 0 atom stereocenters. The highest BCUT2D eigenvalue weighted by Crippen LogP contribution is 2.24. The number of carbonyl (C=O) groups is 1. The molecule has 134 valence electrons. The van der Waals surface area contributed by atoms with Gasteiger partial charge in [-0.15, -0.1) is 0 Å². The number of urea groups is 1. The maximum absolute atomic E-state index is 12.4. The van der Waals surface area contributed by atoms with Crippen LogP contribution in [0.15, 0.2) is 57.5 Å². The fourth-order valence-corrected chi connectivity index (χ4v) is 2.70. The topological polar surface area (TPSA) is 80.5 Å². The van der Waals surface area contributed by atoms with Crippen molar-refractivity contribution in [2.45, 2.75) is 6.54 Å². The Bertz CT molecular complexity index is 913. The lowest BCUT2D eigenvalue weighted by Gasteiger charge is -2.17. The van der Waals surface area contributed by atoms with E-state index in [9.17, 15) is 4.79 Å². The molecule has 0 bridgehead atoms. The number of nitrogens with one attached hydrogen (secondary N) is 1. The third-order valence-corrected chi connectivity index (χ3v) is 4.11. The number of benzene rings is 2. The van der Waals surface area contributed by atoms with Crippen LogP contribution in [0.25, 0.3) is 11.4 Å². The van der Waals surface area contributed by atoms with E-state index >= 15 is 0 Å². The second kappa shape index (κ2) is 8.01. The van der Waals surface area contributed by atoms with Crippen LogP contribution < -0.4 is 10.1 Å². The summed E-state index contributed by atoms with van der Waals surface area (Å²) in [4.78, 5) is 18.2. The molecule has 0 saturated heterocycles. The van der Waals surface area contributed by atoms with Crippen LogP contribution in [-0.2, 0) is 6.54 Å². The standard InChI is InChI=1S/C18H17BrN4O3/c1-23(18(24)20-14-8-3-4-9-15(14)25-2)11-16-21-17(22-26-16)12-6-5-7-13(19)10-12/h3-10H,11H2,1-2H3,(H,20,24). The molecule has 26 heavy (non-hydrogen) atoms. The molecule has 3 rings (SSSR count). The minimum absolute atomic E-state index is 0.183. The van der Waals surface area contributed by atoms with Crippen molar-refractivity contribution in [1.29, 1.82) is 0 Å². The zero-order chi connectivity index (χ0) is 18.5. The highest BCUT2D eigenvalue weighted by atomic mass is 79.9. The van der Waals surface area contributed by atoms with E-state index in [-0.39, 0.29) is 12.6 Å². The molecule has 0 aliphatic rings. The van der Waals surface area contributed by atoms with E-state index in [0.29, 0.717) is 23.2 Å². The number of anilines is 1. The second-order valence-electron chi connectivity index (χ2n) is 5.51. The van der Waals surface area contributed by atoms with E-state index in [1.807, 2.05) is 36.4 Å². The van der Waals surface area contributed by atoms with E-state index in [4.69, 9.17) is 9.26 Å². The number of nitrogens with zero attached hydrogens (tertiary/aromatic N) is 3. The molecular formula is C18H17BrN4O3. The van der Waals surface area contributed by atoms with Crippen LogP contribution in [-0.4, -0.2) is 35.2 Å². The smallest absolute Gasteiger partial charge is 0.322 e. The van der Waals surface area contributed by atoms with Gasteiger partial charge >= 0.3 is 6.03 Å². The van der Waals surface area contributed by atoms with Crippen LogP contribution >= 0.6 is 15.9 Å². The summed E-state index contributed by atoms with van der Waals surface area (Å²) in [6, 6.07) is 14.5. The Balaban J connectivity index is 1.66. The molecule has 2 aromatic carbocycles. The first-order valence-electron chi connectivity index (χ1n) is 7.80. The summed E-state index contributed by atoms with van der Waals surface area (Å²) in [5.74, 6) is 1.40. The van der Waals surface area contributed by atoms with Gasteiger partial charge in [0.1, 0.15) is 12.3 Å². The summed E-state index contributed by atoms with van der Waals surface area (Å²) < 4.78 is 11.4. The third-order valence-electron chi connectivity index (χ3n) is 3.62. The van der Waals surface area contributed by atoms with Crippen molar-refractivity contribution in [3.8, 4) is 17.1 Å². The SMILES string of the molecule is COc1ccccc1NC(=O)N(C)Cc1nc(-c2cccc(Br)c2)no1. The van der Waals surface area contributed by atoms with E-state index in [1.165, 1.54) is 4.90 Å². The normalized spacial score (nSPS) is 10.4. The van der Waals surface area contributed by atoms with Gasteiger partial charge in [0, 0.05) is 17.1 Å². The maximum atomic E-state index is 12.4. The van der Waals surface area contributed by atoms with Crippen molar-refractivity contribution in [2.24, 2.45) is 0 Å². The highest BCUT2D eigenvalue weighted by Gasteiger charge is 2.16. The fraction of sp³-hybridized carbons (Fsp3) is 0.167. The number of halogens is 1. The molecule has 0 aliphatic carbocycles. The molecule has 7 nitrogen and oxygen atoms in total.